The molecule has 0 fully saturated rings. The fraction of sp³-hybridized carbons (Fsp3) is 0.500. The van der Waals surface area contributed by atoms with Crippen LogP contribution in [0.3, 0.4) is 0 Å². The average molecular weight is 324 g/mol. The number of fused-ring (bicyclic) bond motifs is 2. The topological polar surface area (TPSA) is 67.7 Å². The fourth-order valence-electron chi connectivity index (χ4n) is 3.31. The molecule has 2 aliphatic rings. The monoisotopic (exact) mass is 324 g/mol. The van der Waals surface area contributed by atoms with Crippen molar-refractivity contribution in [2.45, 2.75) is 58.5 Å². The van der Waals surface area contributed by atoms with E-state index in [0.29, 0.717) is 6.04 Å². The molecule has 0 saturated carbocycles. The van der Waals surface area contributed by atoms with Gasteiger partial charge >= 0.3 is 0 Å². The lowest BCUT2D eigenvalue weighted by Gasteiger charge is -2.23. The maximum Gasteiger partial charge on any atom is 0.154 e. The Morgan fingerprint density at radius 1 is 1.21 bits per heavy atom. The zero-order valence-corrected chi connectivity index (χ0v) is 14.5. The van der Waals surface area contributed by atoms with E-state index in [1.807, 2.05) is 17.8 Å². The number of hydrogen-bond acceptors (Lipinski definition) is 5. The first-order valence-electron chi connectivity index (χ1n) is 8.74. The lowest BCUT2D eigenvalue weighted by molar-refractivity contribution is 0.589. The van der Waals surface area contributed by atoms with Gasteiger partial charge in [0.05, 0.1) is 11.7 Å². The molecule has 2 aromatic heterocycles. The molecule has 2 N–H and O–H groups in total. The first-order chi connectivity index (χ1) is 11.6. The van der Waals surface area contributed by atoms with Gasteiger partial charge in [0.15, 0.2) is 11.6 Å². The smallest absolute Gasteiger partial charge is 0.154 e. The van der Waals surface area contributed by atoms with Crippen LogP contribution in [0.1, 0.15) is 56.1 Å². The van der Waals surface area contributed by atoms with Crippen molar-refractivity contribution in [2.75, 3.05) is 5.32 Å². The van der Waals surface area contributed by atoms with Gasteiger partial charge in [-0.25, -0.2) is 14.6 Å². The molecule has 0 amide bonds. The largest absolute Gasteiger partial charge is 0.380 e. The number of rotatable bonds is 3. The van der Waals surface area contributed by atoms with Crippen molar-refractivity contribution in [3.63, 3.8) is 0 Å². The molecule has 6 heteroatoms. The molecule has 4 heterocycles. The van der Waals surface area contributed by atoms with Crippen LogP contribution in [-0.4, -0.2) is 25.8 Å². The van der Waals surface area contributed by atoms with Gasteiger partial charge in [-0.05, 0) is 51.7 Å². The highest BCUT2D eigenvalue weighted by atomic mass is 15.4. The van der Waals surface area contributed by atoms with E-state index in [1.165, 1.54) is 12.0 Å². The summed E-state index contributed by atoms with van der Waals surface area (Å²) in [7, 11) is 0. The van der Waals surface area contributed by atoms with E-state index >= 15 is 0 Å². The van der Waals surface area contributed by atoms with E-state index in [-0.39, 0.29) is 6.04 Å². The Morgan fingerprint density at radius 2 is 2.08 bits per heavy atom. The van der Waals surface area contributed by atoms with Gasteiger partial charge in [0.1, 0.15) is 5.82 Å². The van der Waals surface area contributed by atoms with Crippen LogP contribution < -0.4 is 10.6 Å². The predicted molar refractivity (Wildman–Crippen MR) is 94.6 cm³/mol. The molecular formula is C18H24N6. The summed E-state index contributed by atoms with van der Waals surface area (Å²) in [4.78, 5) is 9.50. The van der Waals surface area contributed by atoms with Crippen LogP contribution in [-0.2, 0) is 19.3 Å². The van der Waals surface area contributed by atoms with Gasteiger partial charge in [0.25, 0.3) is 0 Å². The summed E-state index contributed by atoms with van der Waals surface area (Å²) < 4.78 is 1.94. The normalized spacial score (nSPS) is 22.0. The third-order valence-electron chi connectivity index (χ3n) is 4.81. The molecule has 4 rings (SSSR count). The molecule has 0 spiro atoms. The SMILES string of the molecule is CC1=CNC(C)c2nc(CCc3ccc4c(n3)NC(C)CC4)nn21. The highest BCUT2D eigenvalue weighted by Crippen LogP contribution is 2.24. The Kier molecular flexibility index (Phi) is 3.75. The average Bonchev–Trinajstić information content (AvgIpc) is 3.01. The van der Waals surface area contributed by atoms with Crippen LogP contribution >= 0.6 is 0 Å². The second-order valence-corrected chi connectivity index (χ2v) is 6.87. The first kappa shape index (κ1) is 15.2. The number of pyridine rings is 1. The Labute approximate surface area is 142 Å². The molecule has 0 aromatic carbocycles. The zero-order valence-electron chi connectivity index (χ0n) is 14.5. The maximum absolute atomic E-state index is 4.79. The van der Waals surface area contributed by atoms with Gasteiger partial charge < -0.3 is 10.6 Å². The van der Waals surface area contributed by atoms with Crippen LogP contribution in [0.2, 0.25) is 0 Å². The number of allylic oxidation sites excluding steroid dienone is 1. The number of aryl methyl sites for hydroxylation is 3. The standard InChI is InChI=1S/C18H24N6/c1-11-4-5-14-6-7-15(21-17(14)20-11)8-9-16-22-18-13(3)19-10-12(2)24(18)23-16/h6-7,10-11,13,19H,4-5,8-9H2,1-3H3,(H,20,21). The van der Waals surface area contributed by atoms with E-state index in [0.717, 1.165) is 48.1 Å². The second-order valence-electron chi connectivity index (χ2n) is 6.87. The van der Waals surface area contributed by atoms with Gasteiger partial charge in [-0.15, -0.1) is 0 Å². The lowest BCUT2D eigenvalue weighted by Crippen LogP contribution is -2.23. The Morgan fingerprint density at radius 3 is 2.92 bits per heavy atom. The molecule has 2 unspecified atom stereocenters. The number of aromatic nitrogens is 4. The molecule has 2 atom stereocenters. The Bertz CT molecular complexity index is 791. The van der Waals surface area contributed by atoms with E-state index in [1.54, 1.807) is 0 Å². The zero-order chi connectivity index (χ0) is 16.7. The van der Waals surface area contributed by atoms with Crippen LogP contribution in [0.15, 0.2) is 18.3 Å². The van der Waals surface area contributed by atoms with E-state index in [2.05, 4.69) is 41.7 Å². The molecule has 0 saturated heterocycles. The summed E-state index contributed by atoms with van der Waals surface area (Å²) in [5.74, 6) is 2.92. The van der Waals surface area contributed by atoms with Crippen molar-refractivity contribution in [3.8, 4) is 0 Å². The predicted octanol–water partition coefficient (Wildman–Crippen LogP) is 2.69. The van der Waals surface area contributed by atoms with Crippen molar-refractivity contribution in [2.24, 2.45) is 0 Å². The molecule has 2 aliphatic heterocycles. The lowest BCUT2D eigenvalue weighted by atomic mass is 10.0. The highest BCUT2D eigenvalue weighted by molar-refractivity contribution is 5.48. The van der Waals surface area contributed by atoms with Crippen molar-refractivity contribution < 1.29 is 0 Å². The second kappa shape index (κ2) is 5.92. The molecule has 2 aromatic rings. The minimum absolute atomic E-state index is 0.197. The Hall–Kier alpha value is -2.37. The molecule has 6 nitrogen and oxygen atoms in total. The van der Waals surface area contributed by atoms with Crippen LogP contribution in [0.25, 0.3) is 5.70 Å². The number of nitrogens with zero attached hydrogens (tertiary/aromatic N) is 4. The summed E-state index contributed by atoms with van der Waals surface area (Å²) in [5.41, 5.74) is 3.50. The van der Waals surface area contributed by atoms with E-state index < -0.39 is 0 Å². The van der Waals surface area contributed by atoms with E-state index in [9.17, 15) is 0 Å². The highest BCUT2D eigenvalue weighted by Gasteiger charge is 2.20. The molecule has 126 valence electrons. The van der Waals surface area contributed by atoms with Gasteiger partial charge in [-0.3, -0.25) is 0 Å². The van der Waals surface area contributed by atoms with Crippen molar-refractivity contribution in [1.82, 2.24) is 25.1 Å². The quantitative estimate of drug-likeness (QED) is 0.908. The third-order valence-corrected chi connectivity index (χ3v) is 4.81. The van der Waals surface area contributed by atoms with Crippen molar-refractivity contribution in [3.05, 3.63) is 41.2 Å². The van der Waals surface area contributed by atoms with Gasteiger partial charge in [0.2, 0.25) is 0 Å². The summed E-state index contributed by atoms with van der Waals surface area (Å²) in [6, 6.07) is 5.05. The van der Waals surface area contributed by atoms with Gasteiger partial charge in [-0.2, -0.15) is 5.10 Å². The summed E-state index contributed by atoms with van der Waals surface area (Å²) in [6.45, 7) is 6.35. The molecule has 24 heavy (non-hydrogen) atoms. The molecule has 0 bridgehead atoms. The summed E-state index contributed by atoms with van der Waals surface area (Å²) >= 11 is 0. The number of anilines is 1. The van der Waals surface area contributed by atoms with Crippen molar-refractivity contribution in [1.29, 1.82) is 0 Å². The first-order valence-corrected chi connectivity index (χ1v) is 8.74. The summed E-state index contributed by atoms with van der Waals surface area (Å²) in [6.07, 6.45) is 5.95. The third kappa shape index (κ3) is 2.77. The minimum atomic E-state index is 0.197. The molecular weight excluding hydrogens is 300 g/mol. The van der Waals surface area contributed by atoms with Crippen molar-refractivity contribution >= 4 is 11.5 Å². The van der Waals surface area contributed by atoms with Crippen LogP contribution in [0, 0.1) is 0 Å². The minimum Gasteiger partial charge on any atom is -0.380 e. The maximum atomic E-state index is 4.79. The number of nitrogens with one attached hydrogen (secondary N) is 2. The fourth-order valence-corrected chi connectivity index (χ4v) is 3.31. The van der Waals surface area contributed by atoms with E-state index in [4.69, 9.17) is 9.97 Å². The van der Waals surface area contributed by atoms with Gasteiger partial charge in [-0.1, -0.05) is 6.07 Å². The number of hydrogen-bond donors (Lipinski definition) is 2. The van der Waals surface area contributed by atoms with Crippen LogP contribution in [0.4, 0.5) is 5.82 Å². The molecule has 0 aliphatic carbocycles. The Balaban J connectivity index is 1.49. The van der Waals surface area contributed by atoms with Gasteiger partial charge in [0, 0.05) is 24.4 Å². The van der Waals surface area contributed by atoms with Crippen LogP contribution in [0.5, 0.6) is 0 Å². The summed E-state index contributed by atoms with van der Waals surface area (Å²) in [5, 5.41) is 11.4. The molecule has 0 radical (unpaired) electrons.